The molecular formula is C27H20BrN3OS. The predicted octanol–water partition coefficient (Wildman–Crippen LogP) is 7.17. The van der Waals surface area contributed by atoms with Crippen LogP contribution in [0.1, 0.15) is 12.0 Å². The van der Waals surface area contributed by atoms with E-state index in [1.165, 1.54) is 11.8 Å². The number of rotatable bonds is 7. The first kappa shape index (κ1) is 22.8. The Kier molecular flexibility index (Phi) is 7.56. The molecule has 4 rings (SSSR count). The van der Waals surface area contributed by atoms with E-state index in [-0.39, 0.29) is 5.91 Å². The largest absolute Gasteiger partial charge is 0.325 e. The van der Waals surface area contributed by atoms with Crippen molar-refractivity contribution in [3.63, 3.8) is 0 Å². The summed E-state index contributed by atoms with van der Waals surface area (Å²) in [6.07, 6.45) is 0.300. The summed E-state index contributed by atoms with van der Waals surface area (Å²) in [6, 6.07) is 31.6. The van der Waals surface area contributed by atoms with E-state index in [2.05, 4.69) is 27.3 Å². The first-order valence-electron chi connectivity index (χ1n) is 10.4. The standard InChI is InChI=1S/C27H20BrN3OS/c28-23-13-7-8-14-24(23)30-26(32)15-16-33-27-22(18-29)21(19-9-3-1-4-10-19)17-25(31-27)20-11-5-2-6-12-20/h1-14,17H,15-16H2,(H,30,32). The average molecular weight is 514 g/mol. The van der Waals surface area contributed by atoms with Crippen LogP contribution in [0.3, 0.4) is 0 Å². The van der Waals surface area contributed by atoms with Gasteiger partial charge in [0.25, 0.3) is 0 Å². The van der Waals surface area contributed by atoms with E-state index in [1.807, 2.05) is 91.0 Å². The molecule has 0 fully saturated rings. The molecule has 6 heteroatoms. The number of amides is 1. The third kappa shape index (κ3) is 5.70. The van der Waals surface area contributed by atoms with Crippen LogP contribution in [0, 0.1) is 11.3 Å². The van der Waals surface area contributed by atoms with E-state index >= 15 is 0 Å². The minimum atomic E-state index is -0.0876. The summed E-state index contributed by atoms with van der Waals surface area (Å²) in [5, 5.41) is 13.5. The number of carbonyl (C=O) groups is 1. The summed E-state index contributed by atoms with van der Waals surface area (Å²) >= 11 is 4.87. The van der Waals surface area contributed by atoms with Crippen LogP contribution in [0.15, 0.2) is 100 Å². The third-order valence-corrected chi connectivity index (χ3v) is 6.64. The molecule has 0 aliphatic rings. The van der Waals surface area contributed by atoms with E-state index < -0.39 is 0 Å². The number of nitriles is 1. The summed E-state index contributed by atoms with van der Waals surface area (Å²) in [4.78, 5) is 17.3. The van der Waals surface area contributed by atoms with Crippen molar-refractivity contribution >= 4 is 39.3 Å². The molecule has 4 nitrogen and oxygen atoms in total. The lowest BCUT2D eigenvalue weighted by molar-refractivity contribution is -0.115. The molecule has 0 radical (unpaired) electrons. The van der Waals surface area contributed by atoms with Gasteiger partial charge in [0.2, 0.25) is 5.91 Å². The van der Waals surface area contributed by atoms with Crippen molar-refractivity contribution in [2.75, 3.05) is 11.1 Å². The molecule has 0 spiro atoms. The Morgan fingerprint density at radius 3 is 2.24 bits per heavy atom. The number of hydrogen-bond donors (Lipinski definition) is 1. The molecule has 0 bridgehead atoms. The Morgan fingerprint density at radius 2 is 1.58 bits per heavy atom. The number of para-hydroxylation sites is 1. The maximum absolute atomic E-state index is 12.5. The van der Waals surface area contributed by atoms with Gasteiger partial charge in [-0.05, 0) is 39.7 Å². The summed E-state index contributed by atoms with van der Waals surface area (Å²) in [7, 11) is 0. The van der Waals surface area contributed by atoms with E-state index in [0.29, 0.717) is 22.8 Å². The van der Waals surface area contributed by atoms with Crippen LogP contribution >= 0.6 is 27.7 Å². The fourth-order valence-corrected chi connectivity index (χ4v) is 4.68. The second-order valence-electron chi connectivity index (χ2n) is 7.21. The van der Waals surface area contributed by atoms with Gasteiger partial charge < -0.3 is 5.32 Å². The van der Waals surface area contributed by atoms with Gasteiger partial charge in [-0.15, -0.1) is 11.8 Å². The van der Waals surface area contributed by atoms with Crippen molar-refractivity contribution < 1.29 is 4.79 Å². The fourth-order valence-electron chi connectivity index (χ4n) is 3.35. The highest BCUT2D eigenvalue weighted by atomic mass is 79.9. The highest BCUT2D eigenvalue weighted by molar-refractivity contribution is 9.10. The molecule has 33 heavy (non-hydrogen) atoms. The lowest BCUT2D eigenvalue weighted by atomic mass is 9.99. The number of nitrogens with zero attached hydrogens (tertiary/aromatic N) is 2. The zero-order valence-electron chi connectivity index (χ0n) is 17.7. The van der Waals surface area contributed by atoms with Gasteiger partial charge in [0.15, 0.2) is 0 Å². The Labute approximate surface area is 205 Å². The van der Waals surface area contributed by atoms with Gasteiger partial charge >= 0.3 is 0 Å². The van der Waals surface area contributed by atoms with Gasteiger partial charge in [0.1, 0.15) is 11.1 Å². The van der Waals surface area contributed by atoms with Crippen molar-refractivity contribution in [1.82, 2.24) is 4.98 Å². The molecule has 0 aliphatic heterocycles. The fraction of sp³-hybridized carbons (Fsp3) is 0.0741. The van der Waals surface area contributed by atoms with E-state index in [0.717, 1.165) is 32.5 Å². The monoisotopic (exact) mass is 513 g/mol. The SMILES string of the molecule is N#Cc1c(-c2ccccc2)cc(-c2ccccc2)nc1SCCC(=O)Nc1ccccc1Br. The summed E-state index contributed by atoms with van der Waals surface area (Å²) in [6.45, 7) is 0. The molecule has 4 aromatic rings. The van der Waals surface area contributed by atoms with Gasteiger partial charge in [0, 0.05) is 27.8 Å². The average Bonchev–Trinajstić information content (AvgIpc) is 2.86. The van der Waals surface area contributed by atoms with Gasteiger partial charge in [0.05, 0.1) is 16.9 Å². The molecular weight excluding hydrogens is 494 g/mol. The second-order valence-corrected chi connectivity index (χ2v) is 9.14. The molecule has 1 heterocycles. The van der Waals surface area contributed by atoms with Crippen molar-refractivity contribution in [2.24, 2.45) is 0 Å². The van der Waals surface area contributed by atoms with Crippen molar-refractivity contribution in [1.29, 1.82) is 5.26 Å². The van der Waals surface area contributed by atoms with E-state index in [1.54, 1.807) is 0 Å². The van der Waals surface area contributed by atoms with Gasteiger partial charge in [-0.1, -0.05) is 72.8 Å². The van der Waals surface area contributed by atoms with E-state index in [4.69, 9.17) is 4.98 Å². The molecule has 0 atom stereocenters. The molecule has 0 unspecified atom stereocenters. The topological polar surface area (TPSA) is 65.8 Å². The van der Waals surface area contributed by atoms with E-state index in [9.17, 15) is 10.1 Å². The smallest absolute Gasteiger partial charge is 0.225 e. The first-order chi connectivity index (χ1) is 16.2. The number of hydrogen-bond acceptors (Lipinski definition) is 4. The van der Waals surface area contributed by atoms with Crippen molar-refractivity contribution in [3.05, 3.63) is 101 Å². The Hall–Kier alpha value is -3.40. The molecule has 0 aliphatic carbocycles. The summed E-state index contributed by atoms with van der Waals surface area (Å²) < 4.78 is 0.836. The quantitative estimate of drug-likeness (QED) is 0.266. The van der Waals surface area contributed by atoms with Crippen molar-refractivity contribution in [2.45, 2.75) is 11.4 Å². The zero-order valence-corrected chi connectivity index (χ0v) is 20.1. The Balaban J connectivity index is 1.59. The minimum absolute atomic E-state index is 0.0876. The number of pyridine rings is 1. The minimum Gasteiger partial charge on any atom is -0.325 e. The molecule has 0 saturated carbocycles. The molecule has 162 valence electrons. The number of aromatic nitrogens is 1. The lowest BCUT2D eigenvalue weighted by Crippen LogP contribution is -2.12. The van der Waals surface area contributed by atoms with Gasteiger partial charge in [-0.3, -0.25) is 4.79 Å². The summed E-state index contributed by atoms with van der Waals surface area (Å²) in [5.74, 6) is 0.417. The Morgan fingerprint density at radius 1 is 0.939 bits per heavy atom. The lowest BCUT2D eigenvalue weighted by Gasteiger charge is -2.13. The maximum Gasteiger partial charge on any atom is 0.225 e. The maximum atomic E-state index is 12.5. The molecule has 1 amide bonds. The highest BCUT2D eigenvalue weighted by Crippen LogP contribution is 2.34. The van der Waals surface area contributed by atoms with Crippen LogP contribution in [-0.2, 0) is 4.79 Å². The number of carbonyl (C=O) groups excluding carboxylic acids is 1. The highest BCUT2D eigenvalue weighted by Gasteiger charge is 2.16. The van der Waals surface area contributed by atoms with Crippen LogP contribution in [0.4, 0.5) is 5.69 Å². The first-order valence-corrected chi connectivity index (χ1v) is 12.2. The summed E-state index contributed by atoms with van der Waals surface area (Å²) in [5.41, 5.74) is 4.84. The molecule has 0 saturated heterocycles. The second kappa shape index (κ2) is 11.0. The predicted molar refractivity (Wildman–Crippen MR) is 138 cm³/mol. The van der Waals surface area contributed by atoms with Gasteiger partial charge in [-0.2, -0.15) is 5.26 Å². The molecule has 3 aromatic carbocycles. The number of thioether (sulfide) groups is 1. The van der Waals surface area contributed by atoms with Crippen LogP contribution in [-0.4, -0.2) is 16.6 Å². The molecule has 1 aromatic heterocycles. The van der Waals surface area contributed by atoms with Crippen molar-refractivity contribution in [3.8, 4) is 28.5 Å². The molecule has 1 N–H and O–H groups in total. The normalized spacial score (nSPS) is 10.4. The van der Waals surface area contributed by atoms with Crippen LogP contribution in [0.5, 0.6) is 0 Å². The third-order valence-electron chi connectivity index (χ3n) is 4.97. The number of nitrogens with one attached hydrogen (secondary N) is 1. The zero-order chi connectivity index (χ0) is 23.0. The number of anilines is 1. The number of benzene rings is 3. The van der Waals surface area contributed by atoms with Crippen LogP contribution in [0.2, 0.25) is 0 Å². The van der Waals surface area contributed by atoms with Crippen LogP contribution in [0.25, 0.3) is 22.4 Å². The van der Waals surface area contributed by atoms with Crippen LogP contribution < -0.4 is 5.32 Å². The number of halogens is 1. The Bertz CT molecular complexity index is 1300. The van der Waals surface area contributed by atoms with Gasteiger partial charge in [-0.25, -0.2) is 4.98 Å².